The van der Waals surface area contributed by atoms with Crippen LogP contribution in [-0.4, -0.2) is 73.4 Å². The fraction of sp³-hybridized carbons (Fsp3) is 0.689. The van der Waals surface area contributed by atoms with Crippen LogP contribution in [0.3, 0.4) is 0 Å². The molecule has 476 valence electrons. The lowest BCUT2D eigenvalue weighted by Gasteiger charge is -2.25. The summed E-state index contributed by atoms with van der Waals surface area (Å²) in [6.45, 7) is 4.68. The molecule has 83 heavy (non-hydrogen) atoms. The number of phosphoric acid groups is 1. The normalized spacial score (nSPS) is 14.5. The Kier molecular flexibility index (Phi) is 60.6. The van der Waals surface area contributed by atoms with Crippen molar-refractivity contribution in [3.05, 3.63) is 134 Å². The smallest absolute Gasteiger partial charge is 0.387 e. The van der Waals surface area contributed by atoms with E-state index in [1.165, 1.54) is 154 Å². The predicted molar refractivity (Wildman–Crippen MR) is 364 cm³/mol. The van der Waals surface area contributed by atoms with Gasteiger partial charge in [-0.1, -0.05) is 295 Å². The highest BCUT2D eigenvalue weighted by Gasteiger charge is 2.27. The molecular weight excluding hydrogens is 1040 g/mol. The average Bonchev–Trinajstić information content (AvgIpc) is 3.49. The van der Waals surface area contributed by atoms with E-state index in [-0.39, 0.29) is 19.1 Å². The Morgan fingerprint density at radius 2 is 0.735 bits per heavy atom. The van der Waals surface area contributed by atoms with E-state index in [0.717, 1.165) is 103 Å². The number of nitrogens with zero attached hydrogens (tertiary/aromatic N) is 1. The number of carbonyl (C=O) groups excluding carboxylic acids is 1. The number of unbranched alkanes of at least 4 members (excludes halogenated alkanes) is 28. The van der Waals surface area contributed by atoms with E-state index in [2.05, 4.69) is 141 Å². The Morgan fingerprint density at radius 3 is 1.11 bits per heavy atom. The van der Waals surface area contributed by atoms with Gasteiger partial charge in [0.05, 0.1) is 39.9 Å². The molecule has 0 heterocycles. The van der Waals surface area contributed by atoms with Gasteiger partial charge in [0.15, 0.2) is 0 Å². The summed E-state index contributed by atoms with van der Waals surface area (Å²) in [5, 5.41) is 14.0. The minimum atomic E-state index is -4.38. The van der Waals surface area contributed by atoms with Gasteiger partial charge in [0.2, 0.25) is 5.91 Å². The van der Waals surface area contributed by atoms with Crippen LogP contribution >= 0.6 is 7.82 Å². The molecule has 3 unspecified atom stereocenters. The number of aliphatic hydroxyl groups excluding tert-OH is 1. The maximum Gasteiger partial charge on any atom is 0.472 e. The Hall–Kier alpha value is -3.36. The fourth-order valence-electron chi connectivity index (χ4n) is 9.33. The highest BCUT2D eigenvalue weighted by Crippen LogP contribution is 2.43. The van der Waals surface area contributed by atoms with Crippen LogP contribution < -0.4 is 5.32 Å². The molecule has 0 aromatic heterocycles. The number of amides is 1. The average molecular weight is 1170 g/mol. The summed E-state index contributed by atoms with van der Waals surface area (Å²) in [6, 6.07) is -0.883. The topological polar surface area (TPSA) is 105 Å². The van der Waals surface area contributed by atoms with Gasteiger partial charge >= 0.3 is 7.82 Å². The predicted octanol–water partition coefficient (Wildman–Crippen LogP) is 21.8. The molecule has 0 bridgehead atoms. The number of nitrogens with one attached hydrogen (secondary N) is 1. The molecule has 8 nitrogen and oxygen atoms in total. The van der Waals surface area contributed by atoms with Crippen molar-refractivity contribution < 1.29 is 32.9 Å². The van der Waals surface area contributed by atoms with Crippen LogP contribution in [-0.2, 0) is 18.4 Å². The van der Waals surface area contributed by atoms with Crippen molar-refractivity contribution in [2.45, 2.75) is 289 Å². The van der Waals surface area contributed by atoms with Gasteiger partial charge < -0.3 is 19.8 Å². The van der Waals surface area contributed by atoms with Gasteiger partial charge in [0.25, 0.3) is 0 Å². The maximum absolute atomic E-state index is 13.0. The molecule has 1 amide bonds. The first-order valence-corrected chi connectivity index (χ1v) is 35.6. The molecule has 0 aromatic rings. The summed E-state index contributed by atoms with van der Waals surface area (Å²) < 4.78 is 23.8. The summed E-state index contributed by atoms with van der Waals surface area (Å²) in [7, 11) is 1.53. The van der Waals surface area contributed by atoms with Crippen molar-refractivity contribution in [3.8, 4) is 0 Å². The van der Waals surface area contributed by atoms with Crippen LogP contribution in [0.4, 0.5) is 0 Å². The van der Waals surface area contributed by atoms with Crippen molar-refractivity contribution >= 4 is 13.7 Å². The van der Waals surface area contributed by atoms with E-state index in [0.29, 0.717) is 17.4 Å². The number of rotatable bonds is 61. The van der Waals surface area contributed by atoms with Crippen molar-refractivity contribution in [1.82, 2.24) is 5.32 Å². The molecule has 0 fully saturated rings. The molecule has 0 saturated heterocycles. The first-order valence-electron chi connectivity index (χ1n) is 34.1. The van der Waals surface area contributed by atoms with Crippen LogP contribution in [0.5, 0.6) is 0 Å². The fourth-order valence-corrected chi connectivity index (χ4v) is 10.1. The van der Waals surface area contributed by atoms with E-state index < -0.39 is 20.0 Å². The van der Waals surface area contributed by atoms with Gasteiger partial charge in [-0.3, -0.25) is 13.8 Å². The first-order chi connectivity index (χ1) is 40.5. The highest BCUT2D eigenvalue weighted by atomic mass is 31.2. The number of likely N-dealkylation sites (N-methyl/N-ethyl adjacent to an activating group) is 1. The standard InChI is InChI=1S/C74H129N2O6P/c1-6-8-10-12-14-16-18-20-22-24-26-28-30-32-34-35-36-37-38-39-40-41-42-44-46-48-50-52-54-56-58-60-62-64-66-68-74(78)75-72(71-82-83(79,80)81-70-69-76(3,4)5)73(77)67-65-63-61-59-57-55-53-51-49-47-45-43-33-31-29-27-25-23-21-19-17-15-13-11-9-7-2/h8,10,14,16,20,22,26,28,32,34,36-37,39-40,42,44,49,51,57,59,65,67,72-73,77H,6-7,9,11-13,15,17-19,21,23-25,27,29-31,33,35,38,41,43,45-48,50,52-56,58,60-64,66,68-71H2,1-5H3,(H-,75,78,79,80)/p+1/b10-8-,16-14-,22-20-,28-26-,34-32-,37-36-,40-39-,44-42-,51-49+,59-57+,67-65+. The number of phosphoric ester groups is 1. The Morgan fingerprint density at radius 1 is 0.422 bits per heavy atom. The summed E-state index contributed by atoms with van der Waals surface area (Å²) in [4.78, 5) is 23.4. The zero-order valence-corrected chi connectivity index (χ0v) is 55.3. The second-order valence-electron chi connectivity index (χ2n) is 23.8. The molecule has 0 aliphatic heterocycles. The Labute approximate surface area is 513 Å². The Bertz CT molecular complexity index is 1810. The second-order valence-corrected chi connectivity index (χ2v) is 25.3. The molecule has 0 aliphatic carbocycles. The maximum atomic E-state index is 13.0. The number of aliphatic hydroxyl groups is 1. The minimum Gasteiger partial charge on any atom is -0.387 e. The molecule has 0 rings (SSSR count). The van der Waals surface area contributed by atoms with Crippen LogP contribution in [0.15, 0.2) is 134 Å². The lowest BCUT2D eigenvalue weighted by atomic mass is 10.0. The van der Waals surface area contributed by atoms with E-state index in [1.807, 2.05) is 27.2 Å². The summed E-state index contributed by atoms with van der Waals surface area (Å²) in [5.74, 6) is -0.199. The van der Waals surface area contributed by atoms with Crippen LogP contribution in [0.2, 0.25) is 0 Å². The van der Waals surface area contributed by atoms with Gasteiger partial charge in [-0.05, 0) is 109 Å². The summed E-state index contributed by atoms with van der Waals surface area (Å²) in [6.07, 6.45) is 95.9. The van der Waals surface area contributed by atoms with E-state index in [9.17, 15) is 19.4 Å². The van der Waals surface area contributed by atoms with Crippen LogP contribution in [0.25, 0.3) is 0 Å². The van der Waals surface area contributed by atoms with E-state index in [1.54, 1.807) is 6.08 Å². The van der Waals surface area contributed by atoms with E-state index in [4.69, 9.17) is 9.05 Å². The summed E-state index contributed by atoms with van der Waals surface area (Å²) in [5.41, 5.74) is 0. The van der Waals surface area contributed by atoms with Crippen molar-refractivity contribution in [1.29, 1.82) is 0 Å². The largest absolute Gasteiger partial charge is 0.472 e. The number of hydrogen-bond acceptors (Lipinski definition) is 5. The zero-order chi connectivity index (χ0) is 60.5. The molecule has 0 aliphatic rings. The number of carbonyl (C=O) groups is 1. The molecule has 3 N–H and O–H groups in total. The SMILES string of the molecule is CC/C=C\C/C=C\C/C=C\C/C=C\C/C=C\C/C=C\C/C=C\C/C=C\CCCCCCCCCCCCC(=O)NC(COP(=O)(O)OCC[N+](C)(C)C)C(O)/C=C/CC/C=C/CC/C=C/CCCCCCCCCCCCCCCCCC. The molecule has 3 atom stereocenters. The summed E-state index contributed by atoms with van der Waals surface area (Å²) >= 11 is 0. The lowest BCUT2D eigenvalue weighted by Crippen LogP contribution is -2.45. The minimum absolute atomic E-state index is 0.0464. The first kappa shape index (κ1) is 79.6. The Balaban J connectivity index is 4.21. The second kappa shape index (κ2) is 63.2. The molecule has 0 spiro atoms. The monoisotopic (exact) mass is 1170 g/mol. The van der Waals surface area contributed by atoms with Crippen molar-refractivity contribution in [2.75, 3.05) is 40.9 Å². The van der Waals surface area contributed by atoms with Gasteiger partial charge in [-0.2, -0.15) is 0 Å². The third kappa shape index (κ3) is 66.0. The molecule has 9 heteroatoms. The van der Waals surface area contributed by atoms with Crippen LogP contribution in [0.1, 0.15) is 277 Å². The number of quaternary nitrogens is 1. The molecule has 0 saturated carbocycles. The third-order valence-electron chi connectivity index (χ3n) is 14.6. The van der Waals surface area contributed by atoms with Crippen molar-refractivity contribution in [2.24, 2.45) is 0 Å². The van der Waals surface area contributed by atoms with Gasteiger partial charge in [-0.25, -0.2) is 4.57 Å². The van der Waals surface area contributed by atoms with Gasteiger partial charge in [0, 0.05) is 6.42 Å². The molecule has 0 aromatic carbocycles. The zero-order valence-electron chi connectivity index (χ0n) is 54.4. The van der Waals surface area contributed by atoms with Crippen molar-refractivity contribution in [3.63, 3.8) is 0 Å². The highest BCUT2D eigenvalue weighted by molar-refractivity contribution is 7.47. The third-order valence-corrected chi connectivity index (χ3v) is 15.6. The molecular formula is C74H130N2O6P+. The van der Waals surface area contributed by atoms with Crippen LogP contribution in [0, 0.1) is 0 Å². The quantitative estimate of drug-likeness (QED) is 0.0243. The van der Waals surface area contributed by atoms with Gasteiger partial charge in [0.1, 0.15) is 13.2 Å². The number of hydrogen-bond donors (Lipinski definition) is 3. The van der Waals surface area contributed by atoms with E-state index >= 15 is 0 Å². The lowest BCUT2D eigenvalue weighted by molar-refractivity contribution is -0.870. The number of allylic oxidation sites excluding steroid dienone is 21. The molecule has 0 radical (unpaired) electrons. The van der Waals surface area contributed by atoms with Gasteiger partial charge in [-0.15, -0.1) is 0 Å².